The number of esters is 1. The van der Waals surface area contributed by atoms with Crippen LogP contribution >= 0.6 is 0 Å². The Morgan fingerprint density at radius 1 is 1.17 bits per heavy atom. The van der Waals surface area contributed by atoms with Crippen molar-refractivity contribution in [3.63, 3.8) is 0 Å². The molecule has 1 amide bonds. The van der Waals surface area contributed by atoms with Gasteiger partial charge < -0.3 is 24.6 Å². The summed E-state index contributed by atoms with van der Waals surface area (Å²) < 4.78 is 57.4. The zero-order valence-corrected chi connectivity index (χ0v) is 26.3. The van der Waals surface area contributed by atoms with E-state index < -0.39 is 41.5 Å². The Hall–Kier alpha value is -3.98. The van der Waals surface area contributed by atoms with Gasteiger partial charge in [0.25, 0.3) is 0 Å². The van der Waals surface area contributed by atoms with Gasteiger partial charge in [0.1, 0.15) is 17.3 Å². The molecule has 0 aliphatic carbocycles. The number of hydrazine groups is 1. The Morgan fingerprint density at radius 3 is 2.57 bits per heavy atom. The van der Waals surface area contributed by atoms with E-state index in [2.05, 4.69) is 5.32 Å². The maximum Gasteiger partial charge on any atom is 0.432 e. The van der Waals surface area contributed by atoms with Crippen molar-refractivity contribution in [2.24, 2.45) is 0 Å². The first-order valence-electron chi connectivity index (χ1n) is 15.2. The lowest BCUT2D eigenvalue weighted by molar-refractivity contribution is -0.150. The lowest BCUT2D eigenvalue weighted by Gasteiger charge is -2.39. The number of amides is 1. The molecule has 0 radical (unpaired) electrons. The number of carbonyl (C=O) groups is 3. The summed E-state index contributed by atoms with van der Waals surface area (Å²) in [7, 11) is 0. The minimum atomic E-state index is -4.73. The molecule has 12 nitrogen and oxygen atoms in total. The van der Waals surface area contributed by atoms with E-state index in [9.17, 15) is 37.9 Å². The lowest BCUT2D eigenvalue weighted by atomic mass is 9.90. The summed E-state index contributed by atoms with van der Waals surface area (Å²) in [6.07, 6.45) is -3.31. The van der Waals surface area contributed by atoms with E-state index in [1.54, 1.807) is 39.8 Å². The molecule has 254 valence electrons. The van der Waals surface area contributed by atoms with Gasteiger partial charge in [-0.2, -0.15) is 18.3 Å². The number of anilines is 1. The number of ether oxygens (including phenoxy) is 3. The van der Waals surface area contributed by atoms with Gasteiger partial charge in [0.2, 0.25) is 0 Å². The van der Waals surface area contributed by atoms with Gasteiger partial charge in [0.15, 0.2) is 0 Å². The predicted molar refractivity (Wildman–Crippen MR) is 159 cm³/mol. The number of alkyl halides is 3. The molecule has 3 aliphatic rings. The number of piperidine rings is 1. The summed E-state index contributed by atoms with van der Waals surface area (Å²) in [5.41, 5.74) is 2.40. The van der Waals surface area contributed by atoms with Crippen LogP contribution < -0.4 is 10.7 Å². The number of aliphatic carboxylic acids is 1. The number of rotatable bonds is 7. The molecule has 0 saturated carbocycles. The molecular formula is C31H41F3N4O8. The van der Waals surface area contributed by atoms with E-state index in [0.717, 1.165) is 6.08 Å². The van der Waals surface area contributed by atoms with Crippen molar-refractivity contribution in [2.75, 3.05) is 25.1 Å². The second-order valence-electron chi connectivity index (χ2n) is 12.3. The van der Waals surface area contributed by atoms with Crippen molar-refractivity contribution < 1.29 is 52.1 Å². The van der Waals surface area contributed by atoms with E-state index >= 15 is 0 Å². The Morgan fingerprint density at radius 2 is 1.91 bits per heavy atom. The highest BCUT2D eigenvalue weighted by Crippen LogP contribution is 2.39. The largest absolute Gasteiger partial charge is 0.481 e. The summed E-state index contributed by atoms with van der Waals surface area (Å²) in [5.74, 6) is -1.59. The highest BCUT2D eigenvalue weighted by atomic mass is 19.4. The molecule has 3 aliphatic heterocycles. The number of nitrogens with one attached hydrogen (secondary N) is 2. The van der Waals surface area contributed by atoms with Crippen molar-refractivity contribution in [1.82, 2.24) is 15.5 Å². The summed E-state index contributed by atoms with van der Waals surface area (Å²) in [4.78, 5) is 39.0. The van der Waals surface area contributed by atoms with Crippen molar-refractivity contribution in [1.29, 1.82) is 0 Å². The van der Waals surface area contributed by atoms with Crippen LogP contribution in [-0.2, 0) is 36.8 Å². The van der Waals surface area contributed by atoms with Crippen LogP contribution in [0.4, 0.5) is 23.7 Å². The number of likely N-dealkylation sites (tertiary alicyclic amines) is 1. The van der Waals surface area contributed by atoms with Crippen LogP contribution in [0.2, 0.25) is 0 Å². The van der Waals surface area contributed by atoms with Crippen LogP contribution in [-0.4, -0.2) is 82.0 Å². The van der Waals surface area contributed by atoms with Crippen molar-refractivity contribution >= 4 is 29.4 Å². The van der Waals surface area contributed by atoms with Gasteiger partial charge in [-0.15, -0.1) is 0 Å². The lowest BCUT2D eigenvalue weighted by Crippen LogP contribution is -2.55. The molecular weight excluding hydrogens is 613 g/mol. The quantitative estimate of drug-likeness (QED) is 0.290. The van der Waals surface area contributed by atoms with Gasteiger partial charge in [-0.1, -0.05) is 6.07 Å². The molecule has 1 aromatic carbocycles. The van der Waals surface area contributed by atoms with Gasteiger partial charge >= 0.3 is 24.2 Å². The average molecular weight is 655 g/mol. The molecule has 1 saturated heterocycles. The Kier molecular flexibility index (Phi) is 10.8. The normalized spacial score (nSPS) is 20.7. The number of hydroxylamine groups is 1. The summed E-state index contributed by atoms with van der Waals surface area (Å²) in [6.45, 7) is 7.30. The minimum absolute atomic E-state index is 0.0138. The molecule has 0 unspecified atom stereocenters. The molecule has 0 bridgehead atoms. The highest BCUT2D eigenvalue weighted by Gasteiger charge is 2.41. The molecule has 2 atom stereocenters. The first-order valence-corrected chi connectivity index (χ1v) is 15.2. The number of halogens is 3. The third-order valence-electron chi connectivity index (χ3n) is 7.75. The van der Waals surface area contributed by atoms with Gasteiger partial charge in [-0.3, -0.25) is 20.3 Å². The Labute approximate surface area is 265 Å². The second-order valence-corrected chi connectivity index (χ2v) is 12.3. The molecule has 3 heterocycles. The number of allylic oxidation sites excluding steroid dienone is 3. The molecule has 1 fully saturated rings. The van der Waals surface area contributed by atoms with Gasteiger partial charge in [-0.05, 0) is 88.6 Å². The number of carboxylic acid groups (broad SMARTS) is 1. The zero-order chi connectivity index (χ0) is 33.8. The predicted octanol–water partition coefficient (Wildman–Crippen LogP) is 5.12. The monoisotopic (exact) mass is 654 g/mol. The van der Waals surface area contributed by atoms with E-state index in [-0.39, 0.29) is 69.4 Å². The number of hydrogen-bond acceptors (Lipinski definition) is 10. The summed E-state index contributed by atoms with van der Waals surface area (Å²) in [6, 6.07) is 2.08. The maximum atomic E-state index is 13.6. The van der Waals surface area contributed by atoms with Crippen LogP contribution in [0.25, 0.3) is 5.70 Å². The topological polar surface area (TPSA) is 150 Å². The van der Waals surface area contributed by atoms with Crippen LogP contribution in [0.15, 0.2) is 29.5 Å². The zero-order valence-electron chi connectivity index (χ0n) is 26.3. The van der Waals surface area contributed by atoms with Gasteiger partial charge in [-0.25, -0.2) is 9.59 Å². The average Bonchev–Trinajstić information content (AvgIpc) is 3.04. The van der Waals surface area contributed by atoms with Crippen LogP contribution in [0, 0.1) is 0 Å². The van der Waals surface area contributed by atoms with Crippen molar-refractivity contribution in [3.05, 3.63) is 46.2 Å². The number of benzene rings is 1. The van der Waals surface area contributed by atoms with Crippen LogP contribution in [0.5, 0.6) is 0 Å². The first kappa shape index (κ1) is 34.9. The van der Waals surface area contributed by atoms with E-state index in [4.69, 9.17) is 14.2 Å². The summed E-state index contributed by atoms with van der Waals surface area (Å²) in [5, 5.41) is 24.1. The van der Waals surface area contributed by atoms with Crippen molar-refractivity contribution in [2.45, 2.75) is 96.7 Å². The highest BCUT2D eigenvalue weighted by molar-refractivity contribution is 5.82. The van der Waals surface area contributed by atoms with E-state index in [1.807, 2.05) is 5.43 Å². The number of fused-ring (bicyclic) bond motifs is 2. The maximum absolute atomic E-state index is 13.6. The molecule has 1 aromatic rings. The number of carboxylic acids is 1. The number of hydrogen-bond donors (Lipinski definition) is 4. The third-order valence-corrected chi connectivity index (χ3v) is 7.75. The fourth-order valence-corrected chi connectivity index (χ4v) is 5.79. The fraction of sp³-hybridized carbons (Fsp3) is 0.581. The minimum Gasteiger partial charge on any atom is -0.481 e. The Bertz CT molecular complexity index is 1390. The van der Waals surface area contributed by atoms with E-state index in [1.165, 1.54) is 4.90 Å². The SMILES string of the molecule is CCOC(=O)[C@@H]1CC[C@@H](Nc2ccc3c(c2CCC(=O)O)COCCCC2=C3N(O)NC(C(F)(F)F)=C2)CN1C(=O)OC(C)(C)C. The standard InChI is InChI=1S/C31H41F3N4O8/c1-5-45-28(41)24-12-8-19(16-37(24)29(42)46-30(2,3)4)35-23-11-9-21-22(20(23)10-13-26(39)40)17-44-14-6-7-18-15-25(31(32,33)34)36-38(43)27(18)21/h9,11,15,19,24,35-36,43H,5-8,10,12-14,16-17H2,1-4H3,(H,39,40)/t19-,24+/m1/s1. The first-order chi connectivity index (χ1) is 21.6. The summed E-state index contributed by atoms with van der Waals surface area (Å²) >= 11 is 0. The Balaban J connectivity index is 1.74. The molecule has 4 rings (SSSR count). The van der Waals surface area contributed by atoms with Crippen molar-refractivity contribution in [3.8, 4) is 0 Å². The fourth-order valence-electron chi connectivity index (χ4n) is 5.79. The van der Waals surface area contributed by atoms with E-state index in [0.29, 0.717) is 40.4 Å². The molecule has 46 heavy (non-hydrogen) atoms. The second kappa shape index (κ2) is 14.2. The molecule has 4 N–H and O–H groups in total. The molecule has 0 spiro atoms. The number of carbonyl (C=O) groups excluding carboxylic acids is 2. The van der Waals surface area contributed by atoms with Crippen LogP contribution in [0.3, 0.4) is 0 Å². The molecule has 15 heteroatoms. The smallest absolute Gasteiger partial charge is 0.432 e. The third kappa shape index (κ3) is 8.43. The van der Waals surface area contributed by atoms with Gasteiger partial charge in [0, 0.05) is 36.9 Å². The van der Waals surface area contributed by atoms with Gasteiger partial charge in [0.05, 0.1) is 18.9 Å². The number of nitrogens with zero attached hydrogens (tertiary/aromatic N) is 2. The molecule has 0 aromatic heterocycles. The van der Waals surface area contributed by atoms with Crippen LogP contribution in [0.1, 0.15) is 76.5 Å².